The van der Waals surface area contributed by atoms with Crippen LogP contribution in [0.25, 0.3) is 0 Å². The van der Waals surface area contributed by atoms with Crippen molar-refractivity contribution in [2.75, 3.05) is 7.11 Å². The van der Waals surface area contributed by atoms with E-state index in [4.69, 9.17) is 4.74 Å². The molecule has 1 N–H and O–H groups in total. The molecule has 21 heavy (non-hydrogen) atoms. The number of nitrogens with one attached hydrogen (secondary N) is 1. The van der Waals surface area contributed by atoms with E-state index < -0.39 is 0 Å². The van der Waals surface area contributed by atoms with Gasteiger partial charge in [0.1, 0.15) is 5.75 Å². The molecule has 2 aromatic rings. The molecule has 3 nitrogen and oxygen atoms in total. The predicted molar refractivity (Wildman–Crippen MR) is 82.6 cm³/mol. The van der Waals surface area contributed by atoms with Gasteiger partial charge in [-0.05, 0) is 54.7 Å². The van der Waals surface area contributed by atoms with Crippen molar-refractivity contribution in [2.24, 2.45) is 0 Å². The van der Waals surface area contributed by atoms with Crippen LogP contribution in [0.5, 0.6) is 5.75 Å². The minimum atomic E-state index is -0.0284. The predicted octanol–water partition coefficient (Wildman–Crippen LogP) is 3.50. The van der Waals surface area contributed by atoms with E-state index in [1.54, 1.807) is 19.2 Å². The van der Waals surface area contributed by atoms with Crippen LogP contribution in [0.15, 0.2) is 48.5 Å². The molecular weight excluding hydrogens is 262 g/mol. The minimum Gasteiger partial charge on any atom is -0.497 e. The van der Waals surface area contributed by atoms with Gasteiger partial charge in [0.05, 0.1) is 13.2 Å². The zero-order chi connectivity index (χ0) is 14.7. The van der Waals surface area contributed by atoms with Crippen LogP contribution in [0.1, 0.15) is 40.4 Å². The molecule has 3 heteroatoms. The molecule has 0 fully saturated rings. The first-order chi connectivity index (χ1) is 10.3. The quantitative estimate of drug-likeness (QED) is 0.935. The lowest BCUT2D eigenvalue weighted by molar-refractivity contribution is 0.0932. The summed E-state index contributed by atoms with van der Waals surface area (Å²) in [4.78, 5) is 12.4. The number of ether oxygens (including phenoxy) is 1. The molecule has 0 heterocycles. The second-order valence-corrected chi connectivity index (χ2v) is 5.35. The fourth-order valence-corrected chi connectivity index (χ4v) is 2.89. The molecule has 2 aromatic carbocycles. The third-order valence-electron chi connectivity index (χ3n) is 4.03. The van der Waals surface area contributed by atoms with Crippen molar-refractivity contribution in [3.05, 3.63) is 65.2 Å². The molecule has 0 bridgehead atoms. The first-order valence-corrected chi connectivity index (χ1v) is 7.30. The van der Waals surface area contributed by atoms with Crippen molar-refractivity contribution in [1.29, 1.82) is 0 Å². The molecule has 0 unspecified atom stereocenters. The molecule has 0 aromatic heterocycles. The third kappa shape index (κ3) is 2.92. The molecular formula is C18H19NO2. The standard InChI is InChI=1S/C18H19NO2/c1-21-15-11-9-14(10-12-15)18(20)19-17-8-4-6-13-5-2-3-7-16(13)17/h2-3,5,7,9-12,17H,4,6,8H2,1H3,(H,19,20)/t17-/m0/s1. The van der Waals surface area contributed by atoms with Gasteiger partial charge in [-0.3, -0.25) is 4.79 Å². The summed E-state index contributed by atoms with van der Waals surface area (Å²) in [5, 5.41) is 3.15. The topological polar surface area (TPSA) is 38.3 Å². The summed E-state index contributed by atoms with van der Waals surface area (Å²) in [6.45, 7) is 0. The molecule has 0 saturated carbocycles. The maximum atomic E-state index is 12.4. The summed E-state index contributed by atoms with van der Waals surface area (Å²) in [5.41, 5.74) is 3.27. The number of amides is 1. The number of rotatable bonds is 3. The lowest BCUT2D eigenvalue weighted by Crippen LogP contribution is -2.30. The van der Waals surface area contributed by atoms with Crippen molar-refractivity contribution in [2.45, 2.75) is 25.3 Å². The third-order valence-corrected chi connectivity index (χ3v) is 4.03. The second kappa shape index (κ2) is 6.00. The van der Waals surface area contributed by atoms with Crippen molar-refractivity contribution < 1.29 is 9.53 Å². The Morgan fingerprint density at radius 3 is 2.67 bits per heavy atom. The number of carbonyl (C=O) groups excluding carboxylic acids is 1. The molecule has 0 saturated heterocycles. The molecule has 3 rings (SSSR count). The number of fused-ring (bicyclic) bond motifs is 1. The Kier molecular flexibility index (Phi) is 3.91. The smallest absolute Gasteiger partial charge is 0.251 e. The summed E-state index contributed by atoms with van der Waals surface area (Å²) in [5.74, 6) is 0.730. The average Bonchev–Trinajstić information content (AvgIpc) is 2.55. The van der Waals surface area contributed by atoms with E-state index in [0.717, 1.165) is 25.0 Å². The van der Waals surface area contributed by atoms with Gasteiger partial charge >= 0.3 is 0 Å². The molecule has 1 aliphatic rings. The molecule has 0 aliphatic heterocycles. The van der Waals surface area contributed by atoms with Gasteiger partial charge in [0, 0.05) is 5.56 Å². The van der Waals surface area contributed by atoms with E-state index in [1.165, 1.54) is 11.1 Å². The van der Waals surface area contributed by atoms with Crippen LogP contribution in [-0.2, 0) is 6.42 Å². The van der Waals surface area contributed by atoms with Crippen molar-refractivity contribution in [1.82, 2.24) is 5.32 Å². The van der Waals surface area contributed by atoms with Crippen LogP contribution in [0.2, 0.25) is 0 Å². The highest BCUT2D eigenvalue weighted by Crippen LogP contribution is 2.29. The van der Waals surface area contributed by atoms with E-state index in [1.807, 2.05) is 18.2 Å². The van der Waals surface area contributed by atoms with Gasteiger partial charge < -0.3 is 10.1 Å². The maximum Gasteiger partial charge on any atom is 0.251 e. The number of benzene rings is 2. The monoisotopic (exact) mass is 281 g/mol. The number of aryl methyl sites for hydroxylation is 1. The van der Waals surface area contributed by atoms with Crippen molar-refractivity contribution in [3.63, 3.8) is 0 Å². The maximum absolute atomic E-state index is 12.4. The molecule has 108 valence electrons. The van der Waals surface area contributed by atoms with Gasteiger partial charge in [0.2, 0.25) is 0 Å². The van der Waals surface area contributed by atoms with E-state index in [2.05, 4.69) is 23.5 Å². The SMILES string of the molecule is COc1ccc(C(=O)N[C@H]2CCCc3ccccc32)cc1. The zero-order valence-corrected chi connectivity index (χ0v) is 12.1. The summed E-state index contributed by atoms with van der Waals surface area (Å²) in [6.07, 6.45) is 3.22. The van der Waals surface area contributed by atoms with E-state index in [9.17, 15) is 4.79 Å². The van der Waals surface area contributed by atoms with Crippen LogP contribution in [0.3, 0.4) is 0 Å². The molecule has 1 aliphatic carbocycles. The first kappa shape index (κ1) is 13.7. The minimum absolute atomic E-state index is 0.0284. The van der Waals surface area contributed by atoms with Gasteiger partial charge in [0.25, 0.3) is 5.91 Å². The Hall–Kier alpha value is -2.29. The zero-order valence-electron chi connectivity index (χ0n) is 12.1. The lowest BCUT2D eigenvalue weighted by Gasteiger charge is -2.26. The Morgan fingerprint density at radius 1 is 1.14 bits per heavy atom. The van der Waals surface area contributed by atoms with E-state index in [-0.39, 0.29) is 11.9 Å². The number of methoxy groups -OCH3 is 1. The highest BCUT2D eigenvalue weighted by molar-refractivity contribution is 5.94. The van der Waals surface area contributed by atoms with Gasteiger partial charge in [-0.2, -0.15) is 0 Å². The van der Waals surface area contributed by atoms with Gasteiger partial charge in [-0.1, -0.05) is 24.3 Å². The van der Waals surface area contributed by atoms with Crippen molar-refractivity contribution >= 4 is 5.91 Å². The fraction of sp³-hybridized carbons (Fsp3) is 0.278. The Balaban J connectivity index is 1.76. The molecule has 1 amide bonds. The van der Waals surface area contributed by atoms with Crippen LogP contribution in [-0.4, -0.2) is 13.0 Å². The van der Waals surface area contributed by atoms with Gasteiger partial charge in [-0.15, -0.1) is 0 Å². The summed E-state index contributed by atoms with van der Waals surface area (Å²) in [6, 6.07) is 15.7. The van der Waals surface area contributed by atoms with Crippen LogP contribution in [0, 0.1) is 0 Å². The molecule has 1 atom stereocenters. The Labute approximate surface area is 124 Å². The summed E-state index contributed by atoms with van der Waals surface area (Å²) in [7, 11) is 1.62. The van der Waals surface area contributed by atoms with E-state index >= 15 is 0 Å². The molecule has 0 spiro atoms. The van der Waals surface area contributed by atoms with Gasteiger partial charge in [0.15, 0.2) is 0 Å². The highest BCUT2D eigenvalue weighted by atomic mass is 16.5. The second-order valence-electron chi connectivity index (χ2n) is 5.35. The molecule has 0 radical (unpaired) electrons. The summed E-state index contributed by atoms with van der Waals surface area (Å²) >= 11 is 0. The average molecular weight is 281 g/mol. The number of hydrogen-bond acceptors (Lipinski definition) is 2. The Morgan fingerprint density at radius 2 is 1.90 bits per heavy atom. The van der Waals surface area contributed by atoms with Crippen LogP contribution in [0.4, 0.5) is 0 Å². The number of carbonyl (C=O) groups is 1. The van der Waals surface area contributed by atoms with Gasteiger partial charge in [-0.25, -0.2) is 0 Å². The number of hydrogen-bond donors (Lipinski definition) is 1. The largest absolute Gasteiger partial charge is 0.497 e. The van der Waals surface area contributed by atoms with Crippen molar-refractivity contribution in [3.8, 4) is 5.75 Å². The Bertz CT molecular complexity index is 634. The van der Waals surface area contributed by atoms with Crippen LogP contribution < -0.4 is 10.1 Å². The van der Waals surface area contributed by atoms with Crippen LogP contribution >= 0.6 is 0 Å². The summed E-state index contributed by atoms with van der Waals surface area (Å²) < 4.78 is 5.11. The normalized spacial score (nSPS) is 16.9. The lowest BCUT2D eigenvalue weighted by atomic mass is 9.87. The fourth-order valence-electron chi connectivity index (χ4n) is 2.89. The van der Waals surface area contributed by atoms with E-state index in [0.29, 0.717) is 5.56 Å². The highest BCUT2D eigenvalue weighted by Gasteiger charge is 2.21. The first-order valence-electron chi connectivity index (χ1n) is 7.30.